The first-order valence-corrected chi connectivity index (χ1v) is 9.76. The van der Waals surface area contributed by atoms with Gasteiger partial charge in [0.05, 0.1) is 27.9 Å². The Hall–Kier alpha value is -3.09. The Morgan fingerprint density at radius 3 is 2.50 bits per heavy atom. The lowest BCUT2D eigenvalue weighted by Gasteiger charge is -2.16. The molecule has 8 heteroatoms. The number of amides is 1. The van der Waals surface area contributed by atoms with Crippen molar-refractivity contribution in [3.63, 3.8) is 0 Å². The number of pyridine rings is 1. The second-order valence-corrected chi connectivity index (χ2v) is 7.39. The van der Waals surface area contributed by atoms with Crippen molar-refractivity contribution >= 4 is 35.1 Å². The van der Waals surface area contributed by atoms with Crippen LogP contribution >= 0.6 is 23.2 Å². The Labute approximate surface area is 183 Å². The Morgan fingerprint density at radius 1 is 1.10 bits per heavy atom. The summed E-state index contributed by atoms with van der Waals surface area (Å²) in [4.78, 5) is 28.1. The number of carbonyl (C=O) groups excluding carboxylic acids is 1. The zero-order chi connectivity index (χ0) is 21.7. The summed E-state index contributed by atoms with van der Waals surface area (Å²) in [5, 5.41) is 12.7. The average molecular weight is 445 g/mol. The molecule has 1 amide bonds. The number of halogens is 2. The van der Waals surface area contributed by atoms with Crippen molar-refractivity contribution in [2.75, 3.05) is 0 Å². The van der Waals surface area contributed by atoms with Crippen LogP contribution in [0, 0.1) is 0 Å². The number of rotatable bonds is 7. The van der Waals surface area contributed by atoms with Gasteiger partial charge in [0.2, 0.25) is 0 Å². The fourth-order valence-corrected chi connectivity index (χ4v) is 3.10. The lowest BCUT2D eigenvalue weighted by Crippen LogP contribution is -2.28. The van der Waals surface area contributed by atoms with E-state index >= 15 is 0 Å². The molecule has 1 heterocycles. The van der Waals surface area contributed by atoms with Gasteiger partial charge in [-0.2, -0.15) is 0 Å². The van der Waals surface area contributed by atoms with Gasteiger partial charge in [-0.15, -0.1) is 0 Å². The monoisotopic (exact) mass is 444 g/mol. The van der Waals surface area contributed by atoms with Gasteiger partial charge in [0.25, 0.3) is 5.91 Å². The Bertz CT molecular complexity index is 1070. The van der Waals surface area contributed by atoms with Gasteiger partial charge in [-0.1, -0.05) is 41.4 Å². The first-order chi connectivity index (χ1) is 14.3. The van der Waals surface area contributed by atoms with Crippen LogP contribution in [0.5, 0.6) is 5.75 Å². The number of benzene rings is 2. The lowest BCUT2D eigenvalue weighted by atomic mass is 10.1. The molecule has 6 nitrogen and oxygen atoms in total. The minimum absolute atomic E-state index is 0.0575. The number of hydrogen-bond donors (Lipinski definition) is 2. The molecule has 0 radical (unpaired) electrons. The summed E-state index contributed by atoms with van der Waals surface area (Å²) >= 11 is 12.0. The van der Waals surface area contributed by atoms with E-state index < -0.39 is 5.97 Å². The summed E-state index contributed by atoms with van der Waals surface area (Å²) in [6, 6.07) is 14.4. The van der Waals surface area contributed by atoms with Gasteiger partial charge in [-0.3, -0.25) is 9.78 Å². The van der Waals surface area contributed by atoms with E-state index in [-0.39, 0.29) is 24.1 Å². The molecule has 3 rings (SSSR count). The first-order valence-electron chi connectivity index (χ1n) is 9.00. The van der Waals surface area contributed by atoms with Crippen molar-refractivity contribution in [2.45, 2.75) is 19.6 Å². The van der Waals surface area contributed by atoms with Gasteiger partial charge in [0.15, 0.2) is 0 Å². The van der Waals surface area contributed by atoms with Crippen LogP contribution in [0.1, 0.15) is 44.9 Å². The van der Waals surface area contributed by atoms with Gasteiger partial charge in [0.1, 0.15) is 12.4 Å². The zero-order valence-electron chi connectivity index (χ0n) is 15.9. The van der Waals surface area contributed by atoms with Crippen molar-refractivity contribution in [2.24, 2.45) is 0 Å². The van der Waals surface area contributed by atoms with E-state index in [9.17, 15) is 9.59 Å². The number of ether oxygens (including phenoxy) is 1. The summed E-state index contributed by atoms with van der Waals surface area (Å²) in [7, 11) is 0. The maximum Gasteiger partial charge on any atom is 0.335 e. The molecule has 3 aromatic rings. The summed E-state index contributed by atoms with van der Waals surface area (Å²) in [6.45, 7) is 1.86. The normalized spacial score (nSPS) is 11.6. The molecule has 30 heavy (non-hydrogen) atoms. The fraction of sp³-hybridized carbons (Fsp3) is 0.136. The molecule has 0 aliphatic heterocycles. The topological polar surface area (TPSA) is 88.5 Å². The maximum absolute atomic E-state index is 12.9. The smallest absolute Gasteiger partial charge is 0.335 e. The predicted octanol–water partition coefficient (Wildman–Crippen LogP) is 5.16. The molecule has 1 aromatic heterocycles. The molecule has 0 unspecified atom stereocenters. The van der Waals surface area contributed by atoms with E-state index in [0.717, 1.165) is 5.56 Å². The van der Waals surface area contributed by atoms with Crippen molar-refractivity contribution in [3.8, 4) is 5.75 Å². The van der Waals surface area contributed by atoms with Gasteiger partial charge in [0, 0.05) is 11.2 Å². The van der Waals surface area contributed by atoms with E-state index in [1.807, 2.05) is 0 Å². The van der Waals surface area contributed by atoms with E-state index in [1.54, 1.807) is 43.3 Å². The molecule has 0 spiro atoms. The highest BCUT2D eigenvalue weighted by Crippen LogP contribution is 2.21. The Balaban J connectivity index is 1.74. The minimum Gasteiger partial charge on any atom is -0.487 e. The summed E-state index contributed by atoms with van der Waals surface area (Å²) in [5.41, 5.74) is 1.65. The van der Waals surface area contributed by atoms with E-state index in [2.05, 4.69) is 10.3 Å². The molecule has 0 saturated heterocycles. The highest BCUT2D eigenvalue weighted by Gasteiger charge is 2.17. The van der Waals surface area contributed by atoms with Gasteiger partial charge < -0.3 is 15.2 Å². The summed E-state index contributed by atoms with van der Waals surface area (Å²) < 4.78 is 5.70. The number of hydrogen-bond acceptors (Lipinski definition) is 4. The molecule has 0 fully saturated rings. The van der Waals surface area contributed by atoms with Crippen LogP contribution in [-0.4, -0.2) is 22.0 Å². The largest absolute Gasteiger partial charge is 0.487 e. The predicted molar refractivity (Wildman–Crippen MR) is 114 cm³/mol. The van der Waals surface area contributed by atoms with Gasteiger partial charge >= 0.3 is 5.97 Å². The third-order valence-corrected chi connectivity index (χ3v) is 4.80. The molecule has 2 N–H and O–H groups in total. The van der Waals surface area contributed by atoms with Crippen LogP contribution in [0.2, 0.25) is 10.0 Å². The summed E-state index contributed by atoms with van der Waals surface area (Å²) in [5.74, 6) is -0.824. The number of aromatic carboxylic acids is 1. The number of carboxylic acid groups (broad SMARTS) is 1. The molecule has 0 saturated carbocycles. The quantitative estimate of drug-likeness (QED) is 0.525. The molecule has 154 valence electrons. The van der Waals surface area contributed by atoms with Crippen LogP contribution in [0.25, 0.3) is 0 Å². The first kappa shape index (κ1) is 21.6. The molecule has 0 bridgehead atoms. The Morgan fingerprint density at radius 2 is 1.83 bits per heavy atom. The van der Waals surface area contributed by atoms with Crippen LogP contribution in [0.4, 0.5) is 0 Å². The van der Waals surface area contributed by atoms with Crippen molar-refractivity contribution in [1.82, 2.24) is 10.3 Å². The number of nitrogens with zero attached hydrogens (tertiary/aromatic N) is 1. The molecule has 2 aromatic carbocycles. The number of nitrogens with one attached hydrogen (secondary N) is 1. The van der Waals surface area contributed by atoms with Crippen LogP contribution < -0.4 is 10.1 Å². The number of carbonyl (C=O) groups is 2. The molecule has 0 aliphatic carbocycles. The fourth-order valence-electron chi connectivity index (χ4n) is 2.76. The number of carboxylic acids is 1. The van der Waals surface area contributed by atoms with Crippen LogP contribution in [0.15, 0.2) is 60.8 Å². The third kappa shape index (κ3) is 5.49. The van der Waals surface area contributed by atoms with Gasteiger partial charge in [-0.05, 0) is 48.9 Å². The highest BCUT2D eigenvalue weighted by molar-refractivity contribution is 6.31. The van der Waals surface area contributed by atoms with E-state index in [1.165, 1.54) is 24.4 Å². The van der Waals surface area contributed by atoms with Crippen molar-refractivity contribution in [3.05, 3.63) is 93.2 Å². The van der Waals surface area contributed by atoms with Crippen molar-refractivity contribution < 1.29 is 19.4 Å². The molecule has 1 atom stereocenters. The molecule has 0 aliphatic rings. The van der Waals surface area contributed by atoms with Gasteiger partial charge in [-0.25, -0.2) is 4.79 Å². The highest BCUT2D eigenvalue weighted by atomic mass is 35.5. The lowest BCUT2D eigenvalue weighted by molar-refractivity contribution is 0.0696. The van der Waals surface area contributed by atoms with Crippen LogP contribution in [-0.2, 0) is 6.61 Å². The zero-order valence-corrected chi connectivity index (χ0v) is 17.4. The second-order valence-electron chi connectivity index (χ2n) is 6.52. The Kier molecular flexibility index (Phi) is 6.92. The SMILES string of the molecule is C[C@H](NC(=O)c1cc(Cl)cnc1COc1cccc(Cl)c1)c1ccc(C(=O)O)cc1. The molecular weight excluding hydrogens is 427 g/mol. The van der Waals surface area contributed by atoms with Crippen molar-refractivity contribution in [1.29, 1.82) is 0 Å². The third-order valence-electron chi connectivity index (χ3n) is 4.36. The van der Waals surface area contributed by atoms with E-state index in [4.69, 9.17) is 33.0 Å². The van der Waals surface area contributed by atoms with Crippen LogP contribution in [0.3, 0.4) is 0 Å². The standard InChI is InChI=1S/C22H18Cl2N2O4/c1-13(14-5-7-15(8-6-14)22(28)29)26-21(27)19-10-17(24)11-25-20(19)12-30-18-4-2-3-16(23)9-18/h2-11,13H,12H2,1H3,(H,26,27)(H,28,29)/t13-/m0/s1. The summed E-state index contributed by atoms with van der Waals surface area (Å²) in [6.07, 6.45) is 1.45. The maximum atomic E-state index is 12.9. The molecular formula is C22H18Cl2N2O4. The van der Waals surface area contributed by atoms with E-state index in [0.29, 0.717) is 27.1 Å². The second kappa shape index (κ2) is 9.61. The minimum atomic E-state index is -1.01. The number of aromatic nitrogens is 1. The average Bonchev–Trinajstić information content (AvgIpc) is 2.72.